The molecule has 1 spiro atoms. The highest BCUT2D eigenvalue weighted by molar-refractivity contribution is 5.42. The molecule has 1 aromatic heterocycles. The Labute approximate surface area is 144 Å². The third-order valence-electron chi connectivity index (χ3n) is 6.02. The number of aliphatic hydroxyl groups excluding tert-OH is 1. The van der Waals surface area contributed by atoms with Gasteiger partial charge >= 0.3 is 0 Å². The Morgan fingerprint density at radius 1 is 1.25 bits per heavy atom. The topological polar surface area (TPSA) is 41.3 Å². The van der Waals surface area contributed by atoms with Crippen molar-refractivity contribution in [3.63, 3.8) is 0 Å². The van der Waals surface area contributed by atoms with E-state index in [4.69, 9.17) is 0 Å². The van der Waals surface area contributed by atoms with Crippen LogP contribution in [0.25, 0.3) is 0 Å². The molecule has 1 aliphatic heterocycles. The fourth-order valence-corrected chi connectivity index (χ4v) is 4.62. The number of nitrogens with zero attached hydrogens (tertiary/aromatic N) is 3. The van der Waals surface area contributed by atoms with Gasteiger partial charge in [-0.15, -0.1) is 0 Å². The fraction of sp³-hybridized carbons (Fsp3) is 0.550. The number of piperidine rings is 1. The smallest absolute Gasteiger partial charge is 0.123 e. The maximum atomic E-state index is 10.8. The highest BCUT2D eigenvalue weighted by Gasteiger charge is 2.47. The summed E-state index contributed by atoms with van der Waals surface area (Å²) in [7, 11) is 0. The first-order chi connectivity index (χ1) is 11.6. The number of rotatable bonds is 3. The van der Waals surface area contributed by atoms with Crippen molar-refractivity contribution in [1.29, 1.82) is 0 Å². The molecule has 2 aliphatic rings. The zero-order valence-corrected chi connectivity index (χ0v) is 14.7. The first-order valence-corrected chi connectivity index (χ1v) is 9.11. The number of aromatic nitrogens is 2. The average Bonchev–Trinajstić information content (AvgIpc) is 3.14. The Hall–Kier alpha value is -1.65. The maximum absolute atomic E-state index is 10.8. The van der Waals surface area contributed by atoms with E-state index in [2.05, 4.69) is 58.8 Å². The molecule has 1 fully saturated rings. The van der Waals surface area contributed by atoms with E-state index < -0.39 is 0 Å². The third-order valence-corrected chi connectivity index (χ3v) is 6.02. The molecule has 4 heteroatoms. The molecule has 1 aromatic carbocycles. The second-order valence-corrected chi connectivity index (χ2v) is 7.65. The quantitative estimate of drug-likeness (QED) is 0.943. The molecule has 24 heavy (non-hydrogen) atoms. The summed E-state index contributed by atoms with van der Waals surface area (Å²) < 4.78 is 2.25. The second kappa shape index (κ2) is 6.01. The van der Waals surface area contributed by atoms with E-state index in [-0.39, 0.29) is 11.5 Å². The van der Waals surface area contributed by atoms with Gasteiger partial charge in [-0.25, -0.2) is 4.98 Å². The molecule has 0 saturated carbocycles. The summed E-state index contributed by atoms with van der Waals surface area (Å²) in [6, 6.07) is 9.06. The van der Waals surface area contributed by atoms with Gasteiger partial charge in [-0.05, 0) is 57.3 Å². The van der Waals surface area contributed by atoms with E-state index in [0.717, 1.165) is 44.7 Å². The summed E-state index contributed by atoms with van der Waals surface area (Å²) in [5.74, 6) is 1.15. The van der Waals surface area contributed by atoms with Crippen molar-refractivity contribution >= 4 is 0 Å². The number of fused-ring (bicyclic) bond motifs is 2. The van der Waals surface area contributed by atoms with Gasteiger partial charge in [0.05, 0.1) is 12.6 Å². The molecule has 0 radical (unpaired) electrons. The number of hydrogen-bond acceptors (Lipinski definition) is 3. The summed E-state index contributed by atoms with van der Waals surface area (Å²) >= 11 is 0. The Balaban J connectivity index is 1.48. The van der Waals surface area contributed by atoms with Gasteiger partial charge in [0.25, 0.3) is 0 Å². The van der Waals surface area contributed by atoms with Crippen LogP contribution in [0.2, 0.25) is 0 Å². The predicted molar refractivity (Wildman–Crippen MR) is 95.0 cm³/mol. The summed E-state index contributed by atoms with van der Waals surface area (Å²) in [6.07, 6.45) is 6.63. The van der Waals surface area contributed by atoms with Crippen molar-refractivity contribution in [1.82, 2.24) is 14.5 Å². The summed E-state index contributed by atoms with van der Waals surface area (Å²) in [6.45, 7) is 7.34. The van der Waals surface area contributed by atoms with Crippen LogP contribution >= 0.6 is 0 Å². The van der Waals surface area contributed by atoms with Gasteiger partial charge in [-0.3, -0.25) is 4.90 Å². The Kier molecular flexibility index (Phi) is 3.97. The van der Waals surface area contributed by atoms with Gasteiger partial charge in [0.2, 0.25) is 0 Å². The van der Waals surface area contributed by atoms with Gasteiger partial charge in [-0.2, -0.15) is 0 Å². The standard InChI is InChI=1S/C20H27N3O/c1-15(2)23-12-9-21-19(23)14-22-10-7-20(8-11-22)17-6-4-3-5-16(17)13-18(20)24/h3-6,9,12,15,18,24H,7-8,10-11,13-14H2,1-2H3/t18-/m0/s1. The summed E-state index contributed by atoms with van der Waals surface area (Å²) in [4.78, 5) is 7.03. The minimum absolute atomic E-state index is 0.0272. The third kappa shape index (κ3) is 2.49. The van der Waals surface area contributed by atoms with Crippen LogP contribution in [0.3, 0.4) is 0 Å². The number of likely N-dealkylation sites (tertiary alicyclic amines) is 1. The first-order valence-electron chi connectivity index (χ1n) is 9.11. The lowest BCUT2D eigenvalue weighted by molar-refractivity contribution is 0.0403. The number of imidazole rings is 1. The normalized spacial score (nSPS) is 23.1. The molecule has 128 valence electrons. The number of hydrogen-bond donors (Lipinski definition) is 1. The van der Waals surface area contributed by atoms with Gasteiger partial charge in [0, 0.05) is 23.9 Å². The lowest BCUT2D eigenvalue weighted by Gasteiger charge is -2.42. The molecule has 2 heterocycles. The molecule has 0 unspecified atom stereocenters. The molecule has 2 aromatic rings. The molecule has 1 atom stereocenters. The van der Waals surface area contributed by atoms with E-state index in [0.29, 0.717) is 6.04 Å². The minimum Gasteiger partial charge on any atom is -0.392 e. The second-order valence-electron chi connectivity index (χ2n) is 7.65. The van der Waals surface area contributed by atoms with Gasteiger partial charge in [-0.1, -0.05) is 24.3 Å². The zero-order chi connectivity index (χ0) is 16.7. The molecular formula is C20H27N3O. The molecule has 4 rings (SSSR count). The van der Waals surface area contributed by atoms with Crippen LogP contribution in [0.15, 0.2) is 36.7 Å². The summed E-state index contributed by atoms with van der Waals surface area (Å²) in [5, 5.41) is 10.8. The minimum atomic E-state index is -0.227. The van der Waals surface area contributed by atoms with E-state index in [1.807, 2.05) is 6.20 Å². The first kappa shape index (κ1) is 15.9. The SMILES string of the molecule is CC(C)n1ccnc1CN1CCC2(CC1)c1ccccc1C[C@@H]2O. The van der Waals surface area contributed by atoms with Crippen LogP contribution in [0.1, 0.15) is 49.7 Å². The predicted octanol–water partition coefficient (Wildman–Crippen LogP) is 2.91. The van der Waals surface area contributed by atoms with Crippen LogP contribution in [0.4, 0.5) is 0 Å². The van der Waals surface area contributed by atoms with Crippen molar-refractivity contribution in [2.75, 3.05) is 13.1 Å². The van der Waals surface area contributed by atoms with Crippen LogP contribution in [0.5, 0.6) is 0 Å². The highest BCUT2D eigenvalue weighted by atomic mass is 16.3. The summed E-state index contributed by atoms with van der Waals surface area (Å²) in [5.41, 5.74) is 2.70. The molecule has 0 amide bonds. The van der Waals surface area contributed by atoms with E-state index in [1.54, 1.807) is 0 Å². The van der Waals surface area contributed by atoms with E-state index in [1.165, 1.54) is 11.1 Å². The molecule has 4 nitrogen and oxygen atoms in total. The Morgan fingerprint density at radius 2 is 2.00 bits per heavy atom. The van der Waals surface area contributed by atoms with Crippen molar-refractivity contribution in [2.24, 2.45) is 0 Å². The maximum Gasteiger partial charge on any atom is 0.123 e. The monoisotopic (exact) mass is 325 g/mol. The molecule has 0 bridgehead atoms. The molecule has 1 saturated heterocycles. The highest BCUT2D eigenvalue weighted by Crippen LogP contribution is 2.46. The van der Waals surface area contributed by atoms with E-state index in [9.17, 15) is 5.11 Å². The van der Waals surface area contributed by atoms with Crippen LogP contribution in [0, 0.1) is 0 Å². The van der Waals surface area contributed by atoms with Crippen LogP contribution < -0.4 is 0 Å². The van der Waals surface area contributed by atoms with E-state index >= 15 is 0 Å². The van der Waals surface area contributed by atoms with Gasteiger partial charge < -0.3 is 9.67 Å². The lowest BCUT2D eigenvalue weighted by Crippen LogP contribution is -2.47. The van der Waals surface area contributed by atoms with Gasteiger partial charge in [0.1, 0.15) is 5.82 Å². The molecule has 1 aliphatic carbocycles. The lowest BCUT2D eigenvalue weighted by atomic mass is 9.72. The number of aliphatic hydroxyl groups is 1. The largest absolute Gasteiger partial charge is 0.392 e. The van der Waals surface area contributed by atoms with Crippen molar-refractivity contribution in [2.45, 2.75) is 57.2 Å². The van der Waals surface area contributed by atoms with Crippen LogP contribution in [-0.2, 0) is 18.4 Å². The van der Waals surface area contributed by atoms with Gasteiger partial charge in [0.15, 0.2) is 0 Å². The van der Waals surface area contributed by atoms with Crippen molar-refractivity contribution < 1.29 is 5.11 Å². The zero-order valence-electron chi connectivity index (χ0n) is 14.7. The molecular weight excluding hydrogens is 298 g/mol. The Bertz CT molecular complexity index is 713. The van der Waals surface area contributed by atoms with Crippen molar-refractivity contribution in [3.05, 3.63) is 53.6 Å². The van der Waals surface area contributed by atoms with Crippen molar-refractivity contribution in [3.8, 4) is 0 Å². The number of benzene rings is 1. The fourth-order valence-electron chi connectivity index (χ4n) is 4.62. The van der Waals surface area contributed by atoms with Crippen LogP contribution in [-0.4, -0.2) is 38.8 Å². The average molecular weight is 325 g/mol. The molecule has 1 N–H and O–H groups in total. The Morgan fingerprint density at radius 3 is 2.75 bits per heavy atom.